The number of nitrogens with one attached hydrogen (secondary N) is 1. The molecular formula is C35H34FN3O3S. The minimum atomic E-state index is -0.960. The summed E-state index contributed by atoms with van der Waals surface area (Å²) in [7, 11) is 0. The van der Waals surface area contributed by atoms with Gasteiger partial charge < -0.3 is 15.0 Å². The lowest BCUT2D eigenvalue weighted by molar-refractivity contribution is 0.0697. The normalized spacial score (nSPS) is 11.9. The molecule has 1 amide bonds. The molecule has 1 aromatic heterocycles. The molecule has 2 N–H and O–H groups in total. The average Bonchev–Trinajstić information content (AvgIpc) is 3.34. The van der Waals surface area contributed by atoms with Crippen molar-refractivity contribution < 1.29 is 19.1 Å². The zero-order valence-corrected chi connectivity index (χ0v) is 25.1. The van der Waals surface area contributed by atoms with E-state index in [1.807, 2.05) is 61.5 Å². The summed E-state index contributed by atoms with van der Waals surface area (Å²) in [6.07, 6.45) is 2.18. The maximum atomic E-state index is 13.7. The lowest BCUT2D eigenvalue weighted by atomic mass is 9.98. The van der Waals surface area contributed by atoms with Crippen molar-refractivity contribution in [3.8, 4) is 11.1 Å². The van der Waals surface area contributed by atoms with E-state index < -0.39 is 5.97 Å². The Hall–Kier alpha value is -4.43. The molecule has 0 radical (unpaired) electrons. The molecule has 0 aliphatic rings. The number of halogens is 1. The summed E-state index contributed by atoms with van der Waals surface area (Å²) < 4.78 is 15.9. The standard InChI is InChI=1S/C35H34FN3O3S/c1-3-7-32-38-33-22(2)16-26(34(40)37-28(21-43)18-24-8-6-9-27(36)17-24)19-31(33)39(32)20-23-12-14-25(15-13-23)29-10-4-5-11-30(29)35(41)42/h4-6,8-17,19,28,43H,3,7,18,20-21H2,1-2H3,(H,37,40)(H,41,42). The molecule has 0 aliphatic heterocycles. The molecule has 0 aliphatic carbocycles. The van der Waals surface area contributed by atoms with Crippen LogP contribution >= 0.6 is 12.6 Å². The number of rotatable bonds is 11. The minimum Gasteiger partial charge on any atom is -0.478 e. The number of benzene rings is 4. The Morgan fingerprint density at radius 3 is 2.47 bits per heavy atom. The predicted molar refractivity (Wildman–Crippen MR) is 172 cm³/mol. The minimum absolute atomic E-state index is 0.216. The molecule has 1 unspecified atom stereocenters. The van der Waals surface area contributed by atoms with Crippen molar-refractivity contribution in [2.24, 2.45) is 0 Å². The summed E-state index contributed by atoms with van der Waals surface area (Å²) in [6.45, 7) is 4.63. The smallest absolute Gasteiger partial charge is 0.336 e. The number of aromatic carboxylic acids is 1. The van der Waals surface area contributed by atoms with Crippen molar-refractivity contribution in [1.82, 2.24) is 14.9 Å². The molecule has 0 saturated heterocycles. The van der Waals surface area contributed by atoms with E-state index in [1.165, 1.54) is 12.1 Å². The number of thiol groups is 1. The maximum Gasteiger partial charge on any atom is 0.336 e. The molecule has 1 atom stereocenters. The van der Waals surface area contributed by atoms with Crippen molar-refractivity contribution in [2.45, 2.75) is 45.7 Å². The molecule has 43 heavy (non-hydrogen) atoms. The average molecular weight is 596 g/mol. The highest BCUT2D eigenvalue weighted by Gasteiger charge is 2.19. The number of imidazole rings is 1. The summed E-state index contributed by atoms with van der Waals surface area (Å²) in [6, 6.07) is 24.7. The van der Waals surface area contributed by atoms with Crippen molar-refractivity contribution in [3.63, 3.8) is 0 Å². The molecule has 0 fully saturated rings. The van der Waals surface area contributed by atoms with Gasteiger partial charge in [-0.3, -0.25) is 4.79 Å². The fraction of sp³-hybridized carbons (Fsp3) is 0.229. The first kappa shape index (κ1) is 30.0. The molecule has 5 rings (SSSR count). The first-order valence-corrected chi connectivity index (χ1v) is 15.0. The highest BCUT2D eigenvalue weighted by atomic mass is 32.1. The van der Waals surface area contributed by atoms with E-state index in [0.29, 0.717) is 29.8 Å². The third-order valence-electron chi connectivity index (χ3n) is 7.55. The van der Waals surface area contributed by atoms with E-state index in [0.717, 1.165) is 52.0 Å². The van der Waals surface area contributed by atoms with Gasteiger partial charge in [0.2, 0.25) is 0 Å². The van der Waals surface area contributed by atoms with Crippen LogP contribution in [0.3, 0.4) is 0 Å². The number of carboxylic acids is 1. The second kappa shape index (κ2) is 13.3. The summed E-state index contributed by atoms with van der Waals surface area (Å²) in [5, 5.41) is 12.7. The number of aromatic nitrogens is 2. The number of amides is 1. The maximum absolute atomic E-state index is 13.7. The first-order chi connectivity index (χ1) is 20.8. The van der Waals surface area contributed by atoms with Gasteiger partial charge in [0, 0.05) is 30.3 Å². The number of fused-ring (bicyclic) bond motifs is 1. The second-order valence-electron chi connectivity index (χ2n) is 10.8. The van der Waals surface area contributed by atoms with Crippen LogP contribution in [-0.4, -0.2) is 38.3 Å². The van der Waals surface area contributed by atoms with Gasteiger partial charge in [0.1, 0.15) is 11.6 Å². The van der Waals surface area contributed by atoms with E-state index in [1.54, 1.807) is 18.2 Å². The van der Waals surface area contributed by atoms with Gasteiger partial charge in [-0.1, -0.05) is 61.5 Å². The number of aryl methyl sites for hydroxylation is 2. The summed E-state index contributed by atoms with van der Waals surface area (Å²) in [5.41, 5.74) is 6.77. The molecular weight excluding hydrogens is 561 g/mol. The topological polar surface area (TPSA) is 84.2 Å². The number of hydrogen-bond donors (Lipinski definition) is 3. The molecule has 6 nitrogen and oxygen atoms in total. The van der Waals surface area contributed by atoms with Gasteiger partial charge in [0.25, 0.3) is 5.91 Å². The number of nitrogens with zero attached hydrogens (tertiary/aromatic N) is 2. The third kappa shape index (κ3) is 6.81. The van der Waals surface area contributed by atoms with Crippen LogP contribution in [0, 0.1) is 12.7 Å². The molecule has 220 valence electrons. The molecule has 5 aromatic rings. The van der Waals surface area contributed by atoms with Crippen LogP contribution in [0.5, 0.6) is 0 Å². The molecule has 4 aromatic carbocycles. The molecule has 0 saturated carbocycles. The number of hydrogen-bond acceptors (Lipinski definition) is 4. The molecule has 1 heterocycles. The Morgan fingerprint density at radius 2 is 1.77 bits per heavy atom. The largest absolute Gasteiger partial charge is 0.478 e. The third-order valence-corrected chi connectivity index (χ3v) is 7.99. The highest BCUT2D eigenvalue weighted by molar-refractivity contribution is 7.80. The molecule has 8 heteroatoms. The van der Waals surface area contributed by atoms with Crippen molar-refractivity contribution >= 4 is 35.5 Å². The van der Waals surface area contributed by atoms with E-state index in [-0.39, 0.29) is 23.3 Å². The Kier molecular flexibility index (Phi) is 9.26. The SMILES string of the molecule is CCCc1nc2c(C)cc(C(=O)NC(CS)Cc3cccc(F)c3)cc2n1Cc1ccc(-c2ccccc2C(=O)O)cc1. The fourth-order valence-electron chi connectivity index (χ4n) is 5.43. The fourth-order valence-corrected chi connectivity index (χ4v) is 5.66. The number of carbonyl (C=O) groups excluding carboxylic acids is 1. The quantitative estimate of drug-likeness (QED) is 0.142. The van der Waals surface area contributed by atoms with Crippen LogP contribution in [0.1, 0.15) is 56.6 Å². The van der Waals surface area contributed by atoms with Gasteiger partial charge in [-0.15, -0.1) is 0 Å². The van der Waals surface area contributed by atoms with Gasteiger partial charge in [0.15, 0.2) is 0 Å². The Bertz CT molecular complexity index is 1780. The monoisotopic (exact) mass is 595 g/mol. The van der Waals surface area contributed by atoms with Crippen LogP contribution in [0.15, 0.2) is 84.9 Å². The second-order valence-corrected chi connectivity index (χ2v) is 11.1. The van der Waals surface area contributed by atoms with Gasteiger partial charge >= 0.3 is 5.97 Å². The Balaban J connectivity index is 1.43. The van der Waals surface area contributed by atoms with E-state index in [2.05, 4.69) is 29.4 Å². The lowest BCUT2D eigenvalue weighted by Gasteiger charge is -2.17. The predicted octanol–water partition coefficient (Wildman–Crippen LogP) is 7.12. The van der Waals surface area contributed by atoms with Gasteiger partial charge in [-0.2, -0.15) is 12.6 Å². The lowest BCUT2D eigenvalue weighted by Crippen LogP contribution is -2.37. The van der Waals surface area contributed by atoms with Gasteiger partial charge in [-0.05, 0) is 77.9 Å². The summed E-state index contributed by atoms with van der Waals surface area (Å²) in [5.74, 6) is -0.128. The highest BCUT2D eigenvalue weighted by Crippen LogP contribution is 2.27. The first-order valence-electron chi connectivity index (χ1n) is 14.3. The number of carbonyl (C=O) groups is 2. The van der Waals surface area contributed by atoms with Crippen molar-refractivity contribution in [2.75, 3.05) is 5.75 Å². The van der Waals surface area contributed by atoms with Gasteiger partial charge in [0.05, 0.1) is 16.6 Å². The Morgan fingerprint density at radius 1 is 1.00 bits per heavy atom. The van der Waals surface area contributed by atoms with Crippen molar-refractivity contribution in [3.05, 3.63) is 124 Å². The zero-order chi connectivity index (χ0) is 30.5. The molecule has 0 spiro atoms. The molecule has 0 bridgehead atoms. The van der Waals surface area contributed by atoms with Crippen LogP contribution in [0.25, 0.3) is 22.2 Å². The van der Waals surface area contributed by atoms with Crippen LogP contribution < -0.4 is 5.32 Å². The Labute approximate surface area is 256 Å². The zero-order valence-electron chi connectivity index (χ0n) is 24.2. The van der Waals surface area contributed by atoms with Crippen LogP contribution in [0.2, 0.25) is 0 Å². The van der Waals surface area contributed by atoms with E-state index >= 15 is 0 Å². The van der Waals surface area contributed by atoms with Crippen LogP contribution in [0.4, 0.5) is 4.39 Å². The van der Waals surface area contributed by atoms with Gasteiger partial charge in [-0.25, -0.2) is 14.2 Å². The van der Waals surface area contributed by atoms with E-state index in [4.69, 9.17) is 4.98 Å². The summed E-state index contributed by atoms with van der Waals surface area (Å²) in [4.78, 5) is 30.1. The number of carboxylic acid groups (broad SMARTS) is 1. The summed E-state index contributed by atoms with van der Waals surface area (Å²) >= 11 is 4.43. The van der Waals surface area contributed by atoms with E-state index in [9.17, 15) is 19.1 Å². The van der Waals surface area contributed by atoms with Crippen molar-refractivity contribution in [1.29, 1.82) is 0 Å². The van der Waals surface area contributed by atoms with Crippen LogP contribution in [-0.2, 0) is 19.4 Å².